The van der Waals surface area contributed by atoms with Crippen LogP contribution in [0.1, 0.15) is 36.8 Å². The molecule has 1 saturated carbocycles. The van der Waals surface area contributed by atoms with Gasteiger partial charge in [0.05, 0.1) is 4.90 Å². The summed E-state index contributed by atoms with van der Waals surface area (Å²) >= 11 is 1.60. The summed E-state index contributed by atoms with van der Waals surface area (Å²) in [7, 11) is -3.50. The van der Waals surface area contributed by atoms with Crippen molar-refractivity contribution < 1.29 is 13.5 Å². The first-order chi connectivity index (χ1) is 13.5. The molecule has 0 saturated heterocycles. The number of hydrogen-bond donors (Lipinski definition) is 2. The van der Waals surface area contributed by atoms with Crippen LogP contribution in [0.5, 0.6) is 0 Å². The highest BCUT2D eigenvalue weighted by atomic mass is 32.2. The lowest BCUT2D eigenvalue weighted by molar-refractivity contribution is 0.294. The highest BCUT2D eigenvalue weighted by Gasteiger charge is 2.35. The smallest absolute Gasteiger partial charge is 0.240 e. The predicted octanol–water partition coefficient (Wildman–Crippen LogP) is 4.02. The Morgan fingerprint density at radius 2 is 1.61 bits per heavy atom. The Balaban J connectivity index is 1.69. The molecule has 0 heterocycles. The average Bonchev–Trinajstić information content (AvgIpc) is 3.17. The summed E-state index contributed by atoms with van der Waals surface area (Å²) in [5.74, 6) is 0. The van der Waals surface area contributed by atoms with Crippen LogP contribution in [0.25, 0.3) is 0 Å². The van der Waals surface area contributed by atoms with Crippen LogP contribution in [0.15, 0.2) is 58.3 Å². The molecule has 2 aromatic rings. The van der Waals surface area contributed by atoms with Crippen LogP contribution in [-0.2, 0) is 22.9 Å². The lowest BCUT2D eigenvalue weighted by Crippen LogP contribution is -2.37. The van der Waals surface area contributed by atoms with Crippen molar-refractivity contribution in [2.75, 3.05) is 19.4 Å². The fourth-order valence-corrected chi connectivity index (χ4v) is 5.58. The van der Waals surface area contributed by atoms with E-state index in [4.69, 9.17) is 5.11 Å². The third-order valence-electron chi connectivity index (χ3n) is 5.67. The van der Waals surface area contributed by atoms with E-state index in [-0.39, 0.29) is 12.0 Å². The summed E-state index contributed by atoms with van der Waals surface area (Å²) in [5, 5.41) is 9.06. The number of hydrogen-bond acceptors (Lipinski definition) is 4. The van der Waals surface area contributed by atoms with Crippen LogP contribution in [0.3, 0.4) is 0 Å². The zero-order valence-corrected chi connectivity index (χ0v) is 18.0. The van der Waals surface area contributed by atoms with Crippen molar-refractivity contribution in [1.82, 2.24) is 4.72 Å². The van der Waals surface area contributed by atoms with Gasteiger partial charge in [0, 0.05) is 18.0 Å². The fourth-order valence-electron chi connectivity index (χ4n) is 4.01. The molecule has 1 aliphatic carbocycles. The number of aliphatic hydroxyl groups is 1. The lowest BCUT2D eigenvalue weighted by Gasteiger charge is -2.29. The van der Waals surface area contributed by atoms with E-state index in [1.54, 1.807) is 23.9 Å². The molecule has 0 bridgehead atoms. The highest BCUT2D eigenvalue weighted by Crippen LogP contribution is 2.40. The topological polar surface area (TPSA) is 66.4 Å². The number of rotatable bonds is 9. The monoisotopic (exact) mass is 419 g/mol. The van der Waals surface area contributed by atoms with Crippen LogP contribution in [0.4, 0.5) is 0 Å². The first kappa shape index (κ1) is 21.4. The number of aliphatic hydroxyl groups excluding tert-OH is 1. The van der Waals surface area contributed by atoms with Crippen LogP contribution in [-0.4, -0.2) is 32.9 Å². The van der Waals surface area contributed by atoms with Gasteiger partial charge in [-0.05, 0) is 72.7 Å². The quantitative estimate of drug-likeness (QED) is 0.603. The molecule has 6 heteroatoms. The number of thioether (sulfide) groups is 1. The van der Waals surface area contributed by atoms with E-state index in [1.165, 1.54) is 5.56 Å². The minimum atomic E-state index is -3.50. The van der Waals surface area contributed by atoms with Gasteiger partial charge in [0.1, 0.15) is 0 Å². The first-order valence-corrected chi connectivity index (χ1v) is 12.5. The second kappa shape index (κ2) is 9.44. The third-order valence-corrected chi connectivity index (χ3v) is 7.83. The van der Waals surface area contributed by atoms with E-state index in [0.29, 0.717) is 17.9 Å². The molecular formula is C22H29NO3S2. The molecule has 1 fully saturated rings. The summed E-state index contributed by atoms with van der Waals surface area (Å²) in [5.41, 5.74) is 2.33. The molecule has 2 aromatic carbocycles. The Labute approximate surface area is 172 Å². The Bertz CT molecular complexity index is 856. The van der Waals surface area contributed by atoms with Gasteiger partial charge in [-0.25, -0.2) is 13.1 Å². The number of benzene rings is 2. The molecule has 1 aliphatic rings. The second-order valence-corrected chi connectivity index (χ2v) is 10.3. The zero-order valence-electron chi connectivity index (χ0n) is 16.4. The van der Waals surface area contributed by atoms with Crippen molar-refractivity contribution in [1.29, 1.82) is 0 Å². The van der Waals surface area contributed by atoms with E-state index < -0.39 is 10.0 Å². The van der Waals surface area contributed by atoms with E-state index in [1.807, 2.05) is 18.4 Å². The number of nitrogens with one attached hydrogen (secondary N) is 1. The maximum atomic E-state index is 12.8. The predicted molar refractivity (Wildman–Crippen MR) is 115 cm³/mol. The van der Waals surface area contributed by atoms with Gasteiger partial charge in [-0.3, -0.25) is 0 Å². The Hall–Kier alpha value is -1.34. The molecule has 4 nitrogen and oxygen atoms in total. The van der Waals surface area contributed by atoms with Crippen LogP contribution >= 0.6 is 11.8 Å². The standard InChI is InChI=1S/C22H29NO3S2/c1-27-20-8-10-21(11-9-20)28(25,26)23-17-22(13-2-3-14-22)16-19-6-4-18(5-7-19)12-15-24/h4-11,23-24H,2-3,12-17H2,1H3. The van der Waals surface area contributed by atoms with Crippen molar-refractivity contribution in [2.24, 2.45) is 5.41 Å². The van der Waals surface area contributed by atoms with Gasteiger partial charge in [0.25, 0.3) is 0 Å². The minimum absolute atomic E-state index is 0.0230. The average molecular weight is 420 g/mol. The Morgan fingerprint density at radius 1 is 1.00 bits per heavy atom. The van der Waals surface area contributed by atoms with Crippen LogP contribution in [0.2, 0.25) is 0 Å². The minimum Gasteiger partial charge on any atom is -0.396 e. The van der Waals surface area contributed by atoms with Crippen LogP contribution in [0, 0.1) is 5.41 Å². The molecule has 0 amide bonds. The van der Waals surface area contributed by atoms with Crippen molar-refractivity contribution >= 4 is 21.8 Å². The normalized spacial score (nSPS) is 16.4. The van der Waals surface area contributed by atoms with Crippen molar-refractivity contribution in [2.45, 2.75) is 48.3 Å². The van der Waals surface area contributed by atoms with E-state index in [0.717, 1.165) is 42.6 Å². The fraction of sp³-hybridized carbons (Fsp3) is 0.455. The van der Waals surface area contributed by atoms with Crippen LogP contribution < -0.4 is 4.72 Å². The second-order valence-electron chi connectivity index (χ2n) is 7.67. The molecule has 0 radical (unpaired) electrons. The van der Waals surface area contributed by atoms with Crippen molar-refractivity contribution in [3.8, 4) is 0 Å². The van der Waals surface area contributed by atoms with Gasteiger partial charge in [-0.1, -0.05) is 37.1 Å². The Morgan fingerprint density at radius 3 is 2.18 bits per heavy atom. The van der Waals surface area contributed by atoms with E-state index in [9.17, 15) is 8.42 Å². The van der Waals surface area contributed by atoms with Gasteiger partial charge < -0.3 is 5.11 Å². The summed E-state index contributed by atoms with van der Waals surface area (Å²) in [6, 6.07) is 15.4. The van der Waals surface area contributed by atoms with E-state index >= 15 is 0 Å². The van der Waals surface area contributed by atoms with Crippen molar-refractivity contribution in [3.05, 3.63) is 59.7 Å². The molecule has 28 heavy (non-hydrogen) atoms. The first-order valence-electron chi connectivity index (χ1n) is 9.79. The molecule has 3 rings (SSSR count). The SMILES string of the molecule is CSc1ccc(S(=O)(=O)NCC2(Cc3ccc(CCO)cc3)CCCC2)cc1. The lowest BCUT2D eigenvalue weighted by atomic mass is 9.80. The molecule has 0 aromatic heterocycles. The maximum absolute atomic E-state index is 12.8. The molecule has 0 aliphatic heterocycles. The summed E-state index contributed by atoms with van der Waals surface area (Å²) in [4.78, 5) is 1.38. The molecular weight excluding hydrogens is 390 g/mol. The molecule has 0 unspecified atom stereocenters. The largest absolute Gasteiger partial charge is 0.396 e. The highest BCUT2D eigenvalue weighted by molar-refractivity contribution is 7.98. The molecule has 152 valence electrons. The molecule has 2 N–H and O–H groups in total. The van der Waals surface area contributed by atoms with Gasteiger partial charge >= 0.3 is 0 Å². The van der Waals surface area contributed by atoms with Gasteiger partial charge in [0.15, 0.2) is 0 Å². The summed E-state index contributed by atoms with van der Waals surface area (Å²) in [6.07, 6.45) is 7.89. The number of sulfonamides is 1. The maximum Gasteiger partial charge on any atom is 0.240 e. The molecule has 0 spiro atoms. The van der Waals surface area contributed by atoms with Gasteiger partial charge in [0.2, 0.25) is 10.0 Å². The summed E-state index contributed by atoms with van der Waals surface area (Å²) in [6.45, 7) is 0.626. The summed E-state index contributed by atoms with van der Waals surface area (Å²) < 4.78 is 28.4. The van der Waals surface area contributed by atoms with Gasteiger partial charge in [-0.2, -0.15) is 0 Å². The zero-order chi connectivity index (χ0) is 20.0. The Kier molecular flexibility index (Phi) is 7.20. The van der Waals surface area contributed by atoms with Gasteiger partial charge in [-0.15, -0.1) is 11.8 Å². The molecule has 0 atom stereocenters. The van der Waals surface area contributed by atoms with Crippen molar-refractivity contribution in [3.63, 3.8) is 0 Å². The van der Waals surface area contributed by atoms with E-state index in [2.05, 4.69) is 29.0 Å². The third kappa shape index (κ3) is 5.38.